The predicted octanol–water partition coefficient (Wildman–Crippen LogP) is 0.904. The fraction of sp³-hybridized carbons (Fsp3) is 0.375. The maximum absolute atomic E-state index is 11.9. The number of cyclic esters (lactones) is 2. The smallest absolute Gasteiger partial charge is 0.419 e. The minimum absolute atomic E-state index is 0.210. The van der Waals surface area contributed by atoms with Crippen LogP contribution in [0.1, 0.15) is 13.8 Å². The van der Waals surface area contributed by atoms with Crippen LogP contribution < -0.4 is 10.5 Å². The van der Waals surface area contributed by atoms with Crippen molar-refractivity contribution < 1.29 is 32.3 Å². The Balaban J connectivity index is 2.14. The first kappa shape index (κ1) is 19.1. The highest BCUT2D eigenvalue weighted by Crippen LogP contribution is 2.22. The van der Waals surface area contributed by atoms with E-state index in [2.05, 4.69) is 5.32 Å². The third-order valence-electron chi connectivity index (χ3n) is 3.54. The van der Waals surface area contributed by atoms with E-state index >= 15 is 0 Å². The van der Waals surface area contributed by atoms with E-state index in [9.17, 15) is 9.59 Å². The summed E-state index contributed by atoms with van der Waals surface area (Å²) in [5.74, 6) is -2.74. The Morgan fingerprint density at radius 2 is 1.44 bits per heavy atom. The van der Waals surface area contributed by atoms with Gasteiger partial charge in [-0.15, -0.1) is 0 Å². The minimum Gasteiger partial charge on any atom is -0.419 e. The van der Waals surface area contributed by atoms with Gasteiger partial charge in [0.05, 0.1) is 0 Å². The predicted molar refractivity (Wildman–Crippen MR) is 90.8 cm³/mol. The fourth-order valence-corrected chi connectivity index (χ4v) is 4.09. The van der Waals surface area contributed by atoms with Crippen LogP contribution >= 0.6 is 0 Å². The Morgan fingerprint density at radius 3 is 1.88 bits per heavy atom. The summed E-state index contributed by atoms with van der Waals surface area (Å²) in [5, 5.41) is 3.64. The van der Waals surface area contributed by atoms with Crippen LogP contribution in [0.4, 0.5) is 5.69 Å². The number of hydrogen-bond donors (Lipinski definition) is 1. The van der Waals surface area contributed by atoms with Crippen LogP contribution in [-0.2, 0) is 32.3 Å². The molecule has 1 heterocycles. The molecule has 0 unspecified atom stereocenters. The molecule has 0 radical (unpaired) electrons. The number of rotatable bonds is 6. The summed E-state index contributed by atoms with van der Waals surface area (Å²) < 4.78 is 26.3. The molecule has 2 rings (SSSR count). The molecule has 0 saturated carbocycles. The molecule has 1 aliphatic heterocycles. The monoisotopic (exact) mass is 367 g/mol. The summed E-state index contributed by atoms with van der Waals surface area (Å²) in [7, 11) is 1.68. The number of anilines is 1. The molecule has 1 aromatic rings. The van der Waals surface area contributed by atoms with Crippen LogP contribution in [0, 0.1) is 0 Å². The van der Waals surface area contributed by atoms with Crippen molar-refractivity contribution in [1.82, 2.24) is 0 Å². The number of esters is 2. The second-order valence-corrected chi connectivity index (χ2v) is 8.54. The highest BCUT2D eigenvalue weighted by Gasteiger charge is 2.41. The van der Waals surface area contributed by atoms with Gasteiger partial charge in [-0.3, -0.25) is 0 Å². The van der Waals surface area contributed by atoms with Crippen LogP contribution in [-0.4, -0.2) is 47.9 Å². The van der Waals surface area contributed by atoms with Gasteiger partial charge in [-0.05, 0) is 12.1 Å². The summed E-state index contributed by atoms with van der Waals surface area (Å²) in [6.45, 7) is 2.98. The molecule has 0 aromatic heterocycles. The Bertz CT molecular complexity index is 650. The lowest BCUT2D eigenvalue weighted by Crippen LogP contribution is -2.54. The van der Waals surface area contributed by atoms with Gasteiger partial charge in [0.15, 0.2) is 5.57 Å². The molecule has 1 fully saturated rings. The Kier molecular flexibility index (Phi) is 5.63. The maximum atomic E-state index is 11.9. The molecule has 0 aliphatic carbocycles. The second kappa shape index (κ2) is 7.36. The highest BCUT2D eigenvalue weighted by molar-refractivity contribution is 6.75. The molecule has 1 N–H and O–H groups in total. The minimum atomic E-state index is -2.90. The first-order chi connectivity index (χ1) is 11.8. The van der Waals surface area contributed by atoms with Gasteiger partial charge in [0.1, 0.15) is 0 Å². The van der Waals surface area contributed by atoms with Gasteiger partial charge in [0, 0.05) is 52.3 Å². The van der Waals surface area contributed by atoms with E-state index < -0.39 is 26.5 Å². The number of hydrogen-bond acceptors (Lipinski definition) is 8. The first-order valence-corrected chi connectivity index (χ1v) is 9.19. The van der Waals surface area contributed by atoms with E-state index in [0.29, 0.717) is 5.69 Å². The topological polar surface area (TPSA) is 92.3 Å². The van der Waals surface area contributed by atoms with Gasteiger partial charge >= 0.3 is 20.7 Å². The molecule has 0 bridgehead atoms. The van der Waals surface area contributed by atoms with Crippen LogP contribution in [0.25, 0.3) is 0 Å². The van der Waals surface area contributed by atoms with Crippen LogP contribution in [0.15, 0.2) is 36.0 Å². The zero-order valence-corrected chi connectivity index (χ0v) is 15.7. The SMILES string of the molecule is CO[Si](OC)(OC)c1ccc(NC=C2C(=O)OC(C)(C)OC2=O)cc1. The summed E-state index contributed by atoms with van der Waals surface area (Å²) in [5.41, 5.74) is 0.436. The highest BCUT2D eigenvalue weighted by atomic mass is 28.4. The van der Waals surface area contributed by atoms with E-state index in [1.54, 1.807) is 24.3 Å². The van der Waals surface area contributed by atoms with Gasteiger partial charge in [-0.1, -0.05) is 12.1 Å². The zero-order valence-electron chi connectivity index (χ0n) is 14.7. The largest absolute Gasteiger partial charge is 0.536 e. The summed E-state index contributed by atoms with van der Waals surface area (Å²) >= 11 is 0. The van der Waals surface area contributed by atoms with Crippen LogP contribution in [0.5, 0.6) is 0 Å². The first-order valence-electron chi connectivity index (χ1n) is 7.46. The van der Waals surface area contributed by atoms with Crippen molar-refractivity contribution in [2.45, 2.75) is 19.6 Å². The Labute approximate surface area is 147 Å². The standard InChI is InChI=1S/C16H21NO7Si/c1-16(2)23-14(18)13(15(19)24-16)10-17-11-6-8-12(9-7-11)25(20-3,21-4)22-5/h6-10,17H,1-5H3. The van der Waals surface area contributed by atoms with Gasteiger partial charge < -0.3 is 28.1 Å². The van der Waals surface area contributed by atoms with E-state index in [1.165, 1.54) is 41.4 Å². The molecule has 1 aliphatic rings. The van der Waals surface area contributed by atoms with Crippen LogP contribution in [0.3, 0.4) is 0 Å². The third-order valence-corrected chi connectivity index (χ3v) is 6.20. The normalized spacial score (nSPS) is 16.9. The number of carbonyl (C=O) groups is 2. The van der Waals surface area contributed by atoms with Gasteiger partial charge in [0.2, 0.25) is 0 Å². The lowest BCUT2D eigenvalue weighted by molar-refractivity contribution is -0.222. The van der Waals surface area contributed by atoms with Gasteiger partial charge in [0.25, 0.3) is 5.79 Å². The Morgan fingerprint density at radius 1 is 0.960 bits per heavy atom. The van der Waals surface area contributed by atoms with E-state index in [4.69, 9.17) is 22.8 Å². The molecular formula is C16H21NO7Si. The molecule has 8 nitrogen and oxygen atoms in total. The van der Waals surface area contributed by atoms with E-state index in [0.717, 1.165) is 5.19 Å². The van der Waals surface area contributed by atoms with Crippen molar-refractivity contribution in [3.05, 3.63) is 36.0 Å². The molecule has 1 aromatic carbocycles. The average molecular weight is 367 g/mol. The molecule has 0 spiro atoms. The fourth-order valence-electron chi connectivity index (χ4n) is 2.31. The zero-order chi connectivity index (χ0) is 18.7. The summed E-state index contributed by atoms with van der Waals surface area (Å²) in [6.07, 6.45) is 1.25. The Hall–Kier alpha value is -2.20. The molecule has 0 amide bonds. The van der Waals surface area contributed by atoms with Crippen molar-refractivity contribution in [2.75, 3.05) is 26.6 Å². The quantitative estimate of drug-likeness (QED) is 0.343. The number of ether oxygens (including phenoxy) is 2. The third kappa shape index (κ3) is 4.07. The van der Waals surface area contributed by atoms with Crippen molar-refractivity contribution in [2.24, 2.45) is 0 Å². The van der Waals surface area contributed by atoms with E-state index in [1.807, 2.05) is 0 Å². The molecule has 25 heavy (non-hydrogen) atoms. The van der Waals surface area contributed by atoms with E-state index in [-0.39, 0.29) is 5.57 Å². The molecule has 0 atom stereocenters. The number of carbonyl (C=O) groups excluding carboxylic acids is 2. The van der Waals surface area contributed by atoms with Crippen LogP contribution in [0.2, 0.25) is 0 Å². The summed E-state index contributed by atoms with van der Waals surface area (Å²) in [4.78, 5) is 23.7. The van der Waals surface area contributed by atoms with Crippen molar-refractivity contribution in [1.29, 1.82) is 0 Å². The molecular weight excluding hydrogens is 346 g/mol. The maximum Gasteiger partial charge on any atom is 0.536 e. The molecule has 1 saturated heterocycles. The van der Waals surface area contributed by atoms with Crippen molar-refractivity contribution in [3.63, 3.8) is 0 Å². The molecule has 9 heteroatoms. The lowest BCUT2D eigenvalue weighted by Gasteiger charge is -2.29. The second-order valence-electron chi connectivity index (χ2n) is 5.63. The summed E-state index contributed by atoms with van der Waals surface area (Å²) in [6, 6.07) is 7.05. The van der Waals surface area contributed by atoms with Crippen molar-refractivity contribution in [3.8, 4) is 0 Å². The average Bonchev–Trinajstić information content (AvgIpc) is 2.56. The van der Waals surface area contributed by atoms with Crippen molar-refractivity contribution >= 4 is 31.6 Å². The lowest BCUT2D eigenvalue weighted by atomic mass is 10.2. The van der Waals surface area contributed by atoms with Gasteiger partial charge in [-0.25, -0.2) is 9.59 Å². The number of benzene rings is 1. The molecule has 136 valence electrons. The number of nitrogens with one attached hydrogen (secondary N) is 1. The van der Waals surface area contributed by atoms with Gasteiger partial charge in [-0.2, -0.15) is 0 Å².